The monoisotopic (exact) mass is 488 g/mol. The van der Waals surface area contributed by atoms with Crippen molar-refractivity contribution in [2.45, 2.75) is 69.6 Å². The molecule has 1 aromatic carbocycles. The van der Waals surface area contributed by atoms with E-state index in [2.05, 4.69) is 6.92 Å². The van der Waals surface area contributed by atoms with E-state index in [1.165, 1.54) is 23.3 Å². The van der Waals surface area contributed by atoms with Gasteiger partial charge >= 0.3 is 6.18 Å². The molecule has 5 atom stereocenters. The van der Waals surface area contributed by atoms with Crippen LogP contribution in [0, 0.1) is 17.3 Å². The quantitative estimate of drug-likeness (QED) is 0.552. The fourth-order valence-electron chi connectivity index (χ4n) is 7.56. The molecule has 1 aromatic rings. The number of aliphatic hydroxyl groups is 1. The number of alkyl halides is 3. The van der Waals surface area contributed by atoms with Crippen LogP contribution in [0.2, 0.25) is 0 Å². The molecule has 4 nitrogen and oxygen atoms in total. The van der Waals surface area contributed by atoms with E-state index in [1.54, 1.807) is 25.3 Å². The Bertz CT molecular complexity index is 1120. The maximum absolute atomic E-state index is 13.0. The maximum atomic E-state index is 13.0. The Hall–Kier alpha value is -2.25. The summed E-state index contributed by atoms with van der Waals surface area (Å²) in [7, 11) is 1.59. The second kappa shape index (κ2) is 8.41. The van der Waals surface area contributed by atoms with Crippen molar-refractivity contribution in [1.82, 2.24) is 0 Å². The number of halogens is 3. The smallest absolute Gasteiger partial charge is 0.387 e. The summed E-state index contributed by atoms with van der Waals surface area (Å²) in [6, 6.07) is 5.79. The molecular weight excluding hydrogens is 457 g/mol. The van der Waals surface area contributed by atoms with Crippen molar-refractivity contribution in [2.75, 3.05) is 13.7 Å². The summed E-state index contributed by atoms with van der Waals surface area (Å²) in [4.78, 5) is 23.9. The highest BCUT2D eigenvalue weighted by Crippen LogP contribution is 2.66. The van der Waals surface area contributed by atoms with Crippen LogP contribution < -0.4 is 0 Å². The molecule has 0 spiro atoms. The summed E-state index contributed by atoms with van der Waals surface area (Å²) < 4.78 is 44.3. The second-order valence-electron chi connectivity index (χ2n) is 10.9. The van der Waals surface area contributed by atoms with Crippen LogP contribution in [-0.4, -0.2) is 42.2 Å². The van der Waals surface area contributed by atoms with E-state index in [0.717, 1.165) is 30.4 Å². The van der Waals surface area contributed by atoms with Crippen LogP contribution in [0.25, 0.3) is 0 Å². The normalized spacial score (nSPS) is 34.7. The van der Waals surface area contributed by atoms with Gasteiger partial charge in [-0.15, -0.1) is 0 Å². The zero-order valence-corrected chi connectivity index (χ0v) is 20.1. The van der Waals surface area contributed by atoms with Crippen LogP contribution in [0.3, 0.4) is 0 Å². The Morgan fingerprint density at radius 1 is 1.14 bits per heavy atom. The second-order valence-corrected chi connectivity index (χ2v) is 10.9. The first-order valence-electron chi connectivity index (χ1n) is 12.4. The van der Waals surface area contributed by atoms with E-state index in [9.17, 15) is 27.9 Å². The first-order chi connectivity index (χ1) is 16.5. The number of benzene rings is 1. The number of Topliss-reactive ketones (excluding diaryl/α,β-unsaturated/α-hetero) is 1. The molecule has 0 heterocycles. The summed E-state index contributed by atoms with van der Waals surface area (Å²) in [5.41, 5.74) is 2.68. The highest BCUT2D eigenvalue weighted by atomic mass is 19.4. The number of methoxy groups -OCH3 is 1. The molecule has 5 rings (SSSR count). The third-order valence-corrected chi connectivity index (χ3v) is 9.27. The number of ketones is 2. The lowest BCUT2D eigenvalue weighted by atomic mass is 9.51. The van der Waals surface area contributed by atoms with Gasteiger partial charge in [0, 0.05) is 30.4 Å². The average molecular weight is 489 g/mol. The molecule has 7 heteroatoms. The minimum Gasteiger partial charge on any atom is -0.387 e. The molecule has 0 aromatic heterocycles. The molecule has 0 unspecified atom stereocenters. The van der Waals surface area contributed by atoms with Gasteiger partial charge in [-0.2, -0.15) is 13.2 Å². The van der Waals surface area contributed by atoms with Crippen LogP contribution in [0.15, 0.2) is 47.1 Å². The molecule has 0 aliphatic heterocycles. The largest absolute Gasteiger partial charge is 0.454 e. The fraction of sp³-hybridized carbons (Fsp3) is 0.571. The van der Waals surface area contributed by atoms with E-state index in [-0.39, 0.29) is 35.7 Å². The Morgan fingerprint density at radius 3 is 2.51 bits per heavy atom. The zero-order chi connectivity index (χ0) is 25.2. The number of fused-ring (bicyclic) bond motifs is 4. The molecule has 2 saturated carbocycles. The predicted octanol–water partition coefficient (Wildman–Crippen LogP) is 5.71. The minimum atomic E-state index is -4.92. The van der Waals surface area contributed by atoms with Gasteiger partial charge in [-0.1, -0.05) is 36.8 Å². The molecule has 188 valence electrons. The van der Waals surface area contributed by atoms with Crippen LogP contribution in [0.5, 0.6) is 0 Å². The lowest BCUT2D eigenvalue weighted by Gasteiger charge is -2.54. The molecule has 0 amide bonds. The van der Waals surface area contributed by atoms with E-state index in [0.29, 0.717) is 25.7 Å². The zero-order valence-electron chi connectivity index (χ0n) is 20.1. The number of ether oxygens (including phenoxy) is 1. The number of rotatable bonds is 4. The van der Waals surface area contributed by atoms with E-state index >= 15 is 0 Å². The van der Waals surface area contributed by atoms with Gasteiger partial charge < -0.3 is 9.84 Å². The van der Waals surface area contributed by atoms with Gasteiger partial charge in [0.15, 0.2) is 5.78 Å². The molecular formula is C28H31F3O4. The summed E-state index contributed by atoms with van der Waals surface area (Å²) >= 11 is 0. The SMILES string of the molecule is COC[C@]1(O)CC[C@H]2[C@@H]3CCC4=CC(=O)CCC4=C3[C@@H](c3ccc(C(=O)C(F)(F)F)cc3)C[C@@]21C. The number of hydrogen-bond donors (Lipinski definition) is 1. The van der Waals surface area contributed by atoms with Crippen molar-refractivity contribution in [3.05, 3.63) is 58.2 Å². The van der Waals surface area contributed by atoms with Crippen LogP contribution >= 0.6 is 0 Å². The van der Waals surface area contributed by atoms with Gasteiger partial charge in [0.1, 0.15) is 0 Å². The molecule has 0 bridgehead atoms. The standard InChI is InChI=1S/C28H31F3O4/c1-26-14-22(16-3-5-17(6-4-16)25(33)28(29,30)31)24-20-10-8-19(32)13-18(20)7-9-21(24)23(26)11-12-27(26,34)15-35-2/h3-6,13,21-23,34H,7-12,14-15H2,1-2H3/t21-,22+,23-,26-,27+/m0/s1. The number of allylic oxidation sites excluding steroid dienone is 4. The molecule has 0 saturated heterocycles. The molecule has 0 radical (unpaired) electrons. The Labute approximate surface area is 203 Å². The van der Waals surface area contributed by atoms with Crippen molar-refractivity contribution in [3.8, 4) is 0 Å². The fourth-order valence-corrected chi connectivity index (χ4v) is 7.56. The Kier molecular flexibility index (Phi) is 5.87. The van der Waals surface area contributed by atoms with Gasteiger partial charge in [-0.3, -0.25) is 9.59 Å². The molecule has 4 aliphatic carbocycles. The lowest BCUT2D eigenvalue weighted by Crippen LogP contribution is -2.53. The first-order valence-corrected chi connectivity index (χ1v) is 12.4. The van der Waals surface area contributed by atoms with E-state index in [4.69, 9.17) is 4.74 Å². The molecule has 35 heavy (non-hydrogen) atoms. The van der Waals surface area contributed by atoms with Crippen LogP contribution in [0.1, 0.15) is 73.7 Å². The van der Waals surface area contributed by atoms with Crippen LogP contribution in [-0.2, 0) is 9.53 Å². The van der Waals surface area contributed by atoms with E-state index in [1.807, 2.05) is 0 Å². The molecule has 1 N–H and O–H groups in total. The molecule has 4 aliphatic rings. The van der Waals surface area contributed by atoms with Gasteiger partial charge in [-0.05, 0) is 73.1 Å². The lowest BCUT2D eigenvalue weighted by molar-refractivity contribution is -0.128. The van der Waals surface area contributed by atoms with Crippen LogP contribution in [0.4, 0.5) is 13.2 Å². The minimum absolute atomic E-state index is 0.107. The maximum Gasteiger partial charge on any atom is 0.454 e. The van der Waals surface area contributed by atoms with Crippen molar-refractivity contribution < 1.29 is 32.6 Å². The highest BCUT2D eigenvalue weighted by molar-refractivity contribution is 6.00. The molecule has 2 fully saturated rings. The van der Waals surface area contributed by atoms with Gasteiger partial charge in [0.05, 0.1) is 12.2 Å². The topological polar surface area (TPSA) is 63.6 Å². The Balaban J connectivity index is 1.62. The van der Waals surface area contributed by atoms with Gasteiger partial charge in [0.25, 0.3) is 5.78 Å². The predicted molar refractivity (Wildman–Crippen MR) is 124 cm³/mol. The summed E-state index contributed by atoms with van der Waals surface area (Å²) in [5.74, 6) is -1.30. The third-order valence-electron chi connectivity index (χ3n) is 9.27. The van der Waals surface area contributed by atoms with Gasteiger partial charge in [-0.25, -0.2) is 0 Å². The van der Waals surface area contributed by atoms with Gasteiger partial charge in [0.2, 0.25) is 0 Å². The summed E-state index contributed by atoms with van der Waals surface area (Å²) in [6.07, 6.45) is 1.91. The number of hydrogen-bond acceptors (Lipinski definition) is 4. The van der Waals surface area contributed by atoms with Crippen molar-refractivity contribution >= 4 is 11.6 Å². The first kappa shape index (κ1) is 24.4. The summed E-state index contributed by atoms with van der Waals surface area (Å²) in [5, 5.41) is 11.7. The third kappa shape index (κ3) is 3.82. The van der Waals surface area contributed by atoms with Crippen molar-refractivity contribution in [2.24, 2.45) is 17.3 Å². The Morgan fingerprint density at radius 2 is 1.86 bits per heavy atom. The number of carbonyl (C=O) groups is 2. The average Bonchev–Trinajstić information content (AvgIpc) is 3.07. The van der Waals surface area contributed by atoms with Crippen molar-refractivity contribution in [3.63, 3.8) is 0 Å². The summed E-state index contributed by atoms with van der Waals surface area (Å²) in [6.45, 7) is 2.37. The van der Waals surface area contributed by atoms with E-state index < -0.39 is 23.0 Å². The number of carbonyl (C=O) groups excluding carboxylic acids is 2. The van der Waals surface area contributed by atoms with Crippen molar-refractivity contribution in [1.29, 1.82) is 0 Å². The highest BCUT2D eigenvalue weighted by Gasteiger charge is 2.62.